The fourth-order valence-corrected chi connectivity index (χ4v) is 4.02. The van der Waals surface area contributed by atoms with Gasteiger partial charge in [-0.15, -0.1) is 11.8 Å². The lowest BCUT2D eigenvalue weighted by Crippen LogP contribution is -2.53. The molecule has 1 saturated heterocycles. The van der Waals surface area contributed by atoms with Crippen molar-refractivity contribution in [2.75, 3.05) is 11.9 Å². The standard InChI is InChI=1S/C18H24N2O3S/c1-5-14-17(22)20(18(23)15(6-2)24-14)10-16(21)19-13-8-7-11(3)9-12(13)4/h7-9,14-15H,5-6,10H2,1-4H3,(H,19,21). The molecule has 1 aliphatic heterocycles. The highest BCUT2D eigenvalue weighted by Gasteiger charge is 2.40. The lowest BCUT2D eigenvalue weighted by atomic mass is 10.1. The first-order valence-corrected chi connectivity index (χ1v) is 9.19. The van der Waals surface area contributed by atoms with Gasteiger partial charge in [0.2, 0.25) is 17.7 Å². The van der Waals surface area contributed by atoms with Gasteiger partial charge in [-0.2, -0.15) is 0 Å². The van der Waals surface area contributed by atoms with Crippen molar-refractivity contribution >= 4 is 35.2 Å². The minimum absolute atomic E-state index is 0.224. The van der Waals surface area contributed by atoms with Crippen LogP contribution < -0.4 is 5.32 Å². The van der Waals surface area contributed by atoms with Crippen molar-refractivity contribution in [1.82, 2.24) is 4.90 Å². The number of imide groups is 1. The largest absolute Gasteiger partial charge is 0.324 e. The van der Waals surface area contributed by atoms with E-state index in [-0.39, 0.29) is 34.8 Å². The third-order valence-corrected chi connectivity index (χ3v) is 5.84. The number of thioether (sulfide) groups is 1. The maximum absolute atomic E-state index is 12.4. The summed E-state index contributed by atoms with van der Waals surface area (Å²) in [6.07, 6.45) is 1.31. The van der Waals surface area contributed by atoms with E-state index in [9.17, 15) is 14.4 Å². The molecule has 24 heavy (non-hydrogen) atoms. The SMILES string of the molecule is CCC1SC(CC)C(=O)N(CC(=O)Nc2ccc(C)cc2C)C1=O. The zero-order chi connectivity index (χ0) is 17.9. The molecule has 1 aromatic rings. The molecule has 1 aliphatic rings. The van der Waals surface area contributed by atoms with Crippen LogP contribution >= 0.6 is 11.8 Å². The highest BCUT2D eigenvalue weighted by molar-refractivity contribution is 8.02. The van der Waals surface area contributed by atoms with Gasteiger partial charge < -0.3 is 5.32 Å². The monoisotopic (exact) mass is 348 g/mol. The first-order valence-electron chi connectivity index (χ1n) is 8.25. The Kier molecular flexibility index (Phi) is 6.04. The molecule has 0 bridgehead atoms. The number of nitrogens with zero attached hydrogens (tertiary/aromatic N) is 1. The highest BCUT2D eigenvalue weighted by atomic mass is 32.2. The van der Waals surface area contributed by atoms with Gasteiger partial charge in [0, 0.05) is 5.69 Å². The molecule has 6 heteroatoms. The molecule has 1 N–H and O–H groups in total. The Hall–Kier alpha value is -1.82. The molecular formula is C18H24N2O3S. The predicted molar refractivity (Wildman–Crippen MR) is 97.0 cm³/mol. The van der Waals surface area contributed by atoms with Gasteiger partial charge in [0.15, 0.2) is 0 Å². The maximum Gasteiger partial charge on any atom is 0.244 e. The first kappa shape index (κ1) is 18.5. The molecular weight excluding hydrogens is 324 g/mol. The third kappa shape index (κ3) is 3.98. The molecule has 1 fully saturated rings. The van der Waals surface area contributed by atoms with Crippen LogP contribution in [0.15, 0.2) is 18.2 Å². The summed E-state index contributed by atoms with van der Waals surface area (Å²) < 4.78 is 0. The van der Waals surface area contributed by atoms with E-state index in [1.807, 2.05) is 45.9 Å². The Morgan fingerprint density at radius 1 is 1.12 bits per heavy atom. The zero-order valence-electron chi connectivity index (χ0n) is 14.6. The summed E-state index contributed by atoms with van der Waals surface area (Å²) in [6.45, 7) is 7.52. The van der Waals surface area contributed by atoms with Gasteiger partial charge in [-0.1, -0.05) is 31.5 Å². The molecule has 5 nitrogen and oxygen atoms in total. The van der Waals surface area contributed by atoms with Crippen molar-refractivity contribution < 1.29 is 14.4 Å². The fourth-order valence-electron chi connectivity index (χ4n) is 2.76. The van der Waals surface area contributed by atoms with E-state index in [4.69, 9.17) is 0 Å². The van der Waals surface area contributed by atoms with Crippen LogP contribution in [0.2, 0.25) is 0 Å². The van der Waals surface area contributed by atoms with Crippen LogP contribution in [-0.4, -0.2) is 39.7 Å². The number of carbonyl (C=O) groups excluding carboxylic acids is 3. The highest BCUT2D eigenvalue weighted by Crippen LogP contribution is 2.31. The molecule has 130 valence electrons. The fraction of sp³-hybridized carbons (Fsp3) is 0.500. The number of rotatable bonds is 5. The summed E-state index contributed by atoms with van der Waals surface area (Å²) in [5.74, 6) is -0.860. The van der Waals surface area contributed by atoms with Gasteiger partial charge >= 0.3 is 0 Å². The van der Waals surface area contributed by atoms with Crippen molar-refractivity contribution in [3.05, 3.63) is 29.3 Å². The third-order valence-electron chi connectivity index (χ3n) is 4.11. The maximum atomic E-state index is 12.4. The van der Waals surface area contributed by atoms with Crippen molar-refractivity contribution in [2.45, 2.75) is 51.0 Å². The number of benzene rings is 1. The minimum Gasteiger partial charge on any atom is -0.324 e. The number of hydrogen-bond acceptors (Lipinski definition) is 4. The van der Waals surface area contributed by atoms with E-state index >= 15 is 0 Å². The second kappa shape index (κ2) is 7.83. The Morgan fingerprint density at radius 2 is 1.71 bits per heavy atom. The van der Waals surface area contributed by atoms with Gasteiger partial charge in [-0.25, -0.2) is 0 Å². The van der Waals surface area contributed by atoms with Crippen LogP contribution in [0.4, 0.5) is 5.69 Å². The summed E-state index contributed by atoms with van der Waals surface area (Å²) in [7, 11) is 0. The number of anilines is 1. The molecule has 0 aromatic heterocycles. The van der Waals surface area contributed by atoms with Gasteiger partial charge in [0.25, 0.3) is 0 Å². The second-order valence-corrected chi connectivity index (χ2v) is 7.47. The lowest BCUT2D eigenvalue weighted by Gasteiger charge is -2.34. The Bertz CT molecular complexity index is 638. The van der Waals surface area contributed by atoms with Crippen LogP contribution in [0.25, 0.3) is 0 Å². The number of amides is 3. The van der Waals surface area contributed by atoms with E-state index in [1.54, 1.807) is 0 Å². The van der Waals surface area contributed by atoms with Gasteiger partial charge in [-0.3, -0.25) is 19.3 Å². The summed E-state index contributed by atoms with van der Waals surface area (Å²) in [4.78, 5) is 38.3. The van der Waals surface area contributed by atoms with Crippen molar-refractivity contribution in [3.63, 3.8) is 0 Å². The summed E-state index contributed by atoms with van der Waals surface area (Å²) in [5, 5.41) is 2.30. The van der Waals surface area contributed by atoms with Crippen LogP contribution in [0.1, 0.15) is 37.8 Å². The molecule has 1 heterocycles. The van der Waals surface area contributed by atoms with Crippen LogP contribution in [-0.2, 0) is 14.4 Å². The molecule has 2 rings (SSSR count). The normalized spacial score (nSPS) is 21.1. The van der Waals surface area contributed by atoms with Crippen LogP contribution in [0.3, 0.4) is 0 Å². The van der Waals surface area contributed by atoms with Gasteiger partial charge in [-0.05, 0) is 38.3 Å². The zero-order valence-corrected chi connectivity index (χ0v) is 15.4. The number of carbonyl (C=O) groups is 3. The first-order chi connectivity index (χ1) is 11.4. The number of hydrogen-bond donors (Lipinski definition) is 1. The van der Waals surface area contributed by atoms with Crippen molar-refractivity contribution in [2.24, 2.45) is 0 Å². The van der Waals surface area contributed by atoms with Gasteiger partial charge in [0.1, 0.15) is 6.54 Å². The minimum atomic E-state index is -0.347. The van der Waals surface area contributed by atoms with E-state index in [2.05, 4.69) is 5.32 Å². The van der Waals surface area contributed by atoms with Crippen molar-refractivity contribution in [3.8, 4) is 0 Å². The lowest BCUT2D eigenvalue weighted by molar-refractivity contribution is -0.147. The van der Waals surface area contributed by atoms with E-state index in [0.717, 1.165) is 16.0 Å². The molecule has 2 atom stereocenters. The average molecular weight is 348 g/mol. The molecule has 3 amide bonds. The Labute approximate surface area is 147 Å². The van der Waals surface area contributed by atoms with Gasteiger partial charge in [0.05, 0.1) is 10.5 Å². The molecule has 0 spiro atoms. The molecule has 0 aliphatic carbocycles. The van der Waals surface area contributed by atoms with Crippen LogP contribution in [0, 0.1) is 13.8 Å². The topological polar surface area (TPSA) is 66.5 Å². The molecule has 0 saturated carbocycles. The second-order valence-electron chi connectivity index (χ2n) is 6.06. The molecule has 1 aromatic carbocycles. The van der Waals surface area contributed by atoms with Crippen molar-refractivity contribution in [1.29, 1.82) is 0 Å². The number of nitrogens with one attached hydrogen (secondary N) is 1. The van der Waals surface area contributed by atoms with E-state index < -0.39 is 0 Å². The summed E-state index contributed by atoms with van der Waals surface area (Å²) in [6, 6.07) is 5.72. The van der Waals surface area contributed by atoms with E-state index in [1.165, 1.54) is 11.8 Å². The molecule has 0 radical (unpaired) electrons. The average Bonchev–Trinajstić information content (AvgIpc) is 2.54. The predicted octanol–water partition coefficient (Wildman–Crippen LogP) is 2.90. The smallest absolute Gasteiger partial charge is 0.244 e. The summed E-state index contributed by atoms with van der Waals surface area (Å²) >= 11 is 1.41. The number of aryl methyl sites for hydroxylation is 2. The van der Waals surface area contributed by atoms with E-state index in [0.29, 0.717) is 18.5 Å². The molecule has 2 unspecified atom stereocenters. The van der Waals surface area contributed by atoms with Crippen LogP contribution in [0.5, 0.6) is 0 Å². The Morgan fingerprint density at radius 3 is 2.21 bits per heavy atom. The summed E-state index contributed by atoms with van der Waals surface area (Å²) in [5.41, 5.74) is 2.77. The Balaban J connectivity index is 2.10. The quantitative estimate of drug-likeness (QED) is 0.831.